The van der Waals surface area contributed by atoms with Crippen molar-refractivity contribution in [2.24, 2.45) is 5.92 Å². The lowest BCUT2D eigenvalue weighted by Crippen LogP contribution is -2.18. The number of hydrogen-bond donors (Lipinski definition) is 2. The van der Waals surface area contributed by atoms with Crippen LogP contribution in [0, 0.1) is 22.7 Å². The number of carboxylic acid groups (broad SMARTS) is 1. The van der Waals surface area contributed by atoms with Gasteiger partial charge in [-0.05, 0) is 6.92 Å². The van der Waals surface area contributed by atoms with Crippen molar-refractivity contribution < 1.29 is 9.90 Å². The average molecular weight is 126 g/mol. The minimum Gasteiger partial charge on any atom is -0.477 e. The van der Waals surface area contributed by atoms with Gasteiger partial charge in [-0.15, -0.1) is 0 Å². The predicted octanol–water partition coefficient (Wildman–Crippen LogP) is 0.250. The molecule has 1 atom stereocenters. The number of nitrogens with one attached hydrogen (secondary N) is 1. The van der Waals surface area contributed by atoms with Crippen LogP contribution in [0.4, 0.5) is 0 Å². The molecule has 0 spiro atoms. The molecule has 0 bridgehead atoms. The lowest BCUT2D eigenvalue weighted by atomic mass is 10.1. The number of nitrogens with zero attached hydrogens (tertiary/aromatic N) is 1. The van der Waals surface area contributed by atoms with Crippen LogP contribution in [0.5, 0.6) is 0 Å². The van der Waals surface area contributed by atoms with Gasteiger partial charge in [0.25, 0.3) is 0 Å². The molecule has 0 heterocycles. The smallest absolute Gasteiger partial charge is 0.350 e. The summed E-state index contributed by atoms with van der Waals surface area (Å²) in [7, 11) is 0. The summed E-state index contributed by atoms with van der Waals surface area (Å²) in [5.74, 6) is -2.15. The Morgan fingerprint density at radius 2 is 2.33 bits per heavy atom. The van der Waals surface area contributed by atoms with E-state index in [1.807, 2.05) is 0 Å². The molecule has 0 fully saturated rings. The summed E-state index contributed by atoms with van der Waals surface area (Å²) in [5, 5.41) is 22.9. The van der Waals surface area contributed by atoms with Gasteiger partial charge in [0.2, 0.25) is 0 Å². The van der Waals surface area contributed by atoms with Crippen LogP contribution in [0.1, 0.15) is 6.92 Å². The maximum Gasteiger partial charge on any atom is 0.350 e. The van der Waals surface area contributed by atoms with Gasteiger partial charge in [-0.25, -0.2) is 4.79 Å². The molecule has 9 heavy (non-hydrogen) atoms. The first-order valence-corrected chi connectivity index (χ1v) is 2.31. The van der Waals surface area contributed by atoms with Crippen LogP contribution in [-0.2, 0) is 4.79 Å². The van der Waals surface area contributed by atoms with E-state index in [2.05, 4.69) is 0 Å². The molecule has 0 rings (SSSR count). The Morgan fingerprint density at radius 3 is 2.44 bits per heavy atom. The molecule has 1 unspecified atom stereocenters. The van der Waals surface area contributed by atoms with Crippen molar-refractivity contribution in [3.05, 3.63) is 0 Å². The number of nitriles is 1. The molecule has 48 valence electrons. The van der Waals surface area contributed by atoms with Crippen LogP contribution in [-0.4, -0.2) is 16.8 Å². The molecule has 4 heteroatoms. The first-order valence-electron chi connectivity index (χ1n) is 2.31. The summed E-state index contributed by atoms with van der Waals surface area (Å²) in [6.07, 6.45) is 0. The number of carboxylic acids is 1. The highest BCUT2D eigenvalue weighted by atomic mass is 16.4. The van der Waals surface area contributed by atoms with E-state index in [9.17, 15) is 4.79 Å². The predicted molar refractivity (Wildman–Crippen MR) is 30.1 cm³/mol. The Morgan fingerprint density at radius 1 is 1.89 bits per heavy atom. The van der Waals surface area contributed by atoms with Gasteiger partial charge in [-0.2, -0.15) is 5.26 Å². The third-order valence-electron chi connectivity index (χ3n) is 0.857. The zero-order valence-electron chi connectivity index (χ0n) is 4.88. The van der Waals surface area contributed by atoms with E-state index in [0.29, 0.717) is 0 Å². The first kappa shape index (κ1) is 7.63. The van der Waals surface area contributed by atoms with Gasteiger partial charge in [-0.3, -0.25) is 5.41 Å². The fourth-order valence-corrected chi connectivity index (χ4v) is 0.250. The number of hydrogen-bond acceptors (Lipinski definition) is 3. The van der Waals surface area contributed by atoms with Gasteiger partial charge in [-0.1, -0.05) is 0 Å². The normalized spacial score (nSPS) is 11.6. The van der Waals surface area contributed by atoms with E-state index in [1.165, 1.54) is 6.92 Å². The Hall–Kier alpha value is -1.37. The van der Waals surface area contributed by atoms with Gasteiger partial charge in [0.05, 0.1) is 12.0 Å². The van der Waals surface area contributed by atoms with Gasteiger partial charge < -0.3 is 5.11 Å². The Bertz CT molecular complexity index is 180. The standard InChI is InChI=1S/C5H6N2O2/c1-3(2-6)4(7)5(8)9/h3,7H,1H3,(H,8,9). The third kappa shape index (κ3) is 1.91. The van der Waals surface area contributed by atoms with E-state index < -0.39 is 17.6 Å². The highest BCUT2D eigenvalue weighted by molar-refractivity contribution is 6.35. The molecule has 2 N–H and O–H groups in total. The quantitative estimate of drug-likeness (QED) is 0.520. The Labute approximate surface area is 52.2 Å². The van der Waals surface area contributed by atoms with Crippen molar-refractivity contribution in [2.45, 2.75) is 6.92 Å². The lowest BCUT2D eigenvalue weighted by Gasteiger charge is -1.95. The fraction of sp³-hybridized carbons (Fsp3) is 0.400. The Kier molecular flexibility index (Phi) is 2.39. The molecule has 0 aliphatic rings. The van der Waals surface area contributed by atoms with Crippen LogP contribution < -0.4 is 0 Å². The number of rotatable bonds is 2. The lowest BCUT2D eigenvalue weighted by molar-refractivity contribution is -0.129. The van der Waals surface area contributed by atoms with E-state index in [-0.39, 0.29) is 0 Å². The third-order valence-corrected chi connectivity index (χ3v) is 0.857. The van der Waals surface area contributed by atoms with Gasteiger partial charge in [0, 0.05) is 0 Å². The minimum absolute atomic E-state index is 0.558. The van der Waals surface area contributed by atoms with Crippen LogP contribution in [0.2, 0.25) is 0 Å². The summed E-state index contributed by atoms with van der Waals surface area (Å²) >= 11 is 0. The van der Waals surface area contributed by atoms with Crippen molar-refractivity contribution in [1.29, 1.82) is 10.7 Å². The van der Waals surface area contributed by atoms with Crippen LogP contribution in [0.3, 0.4) is 0 Å². The van der Waals surface area contributed by atoms with Crippen molar-refractivity contribution in [3.8, 4) is 6.07 Å². The van der Waals surface area contributed by atoms with Crippen LogP contribution in [0.15, 0.2) is 0 Å². The zero-order valence-corrected chi connectivity index (χ0v) is 4.88. The van der Waals surface area contributed by atoms with E-state index >= 15 is 0 Å². The van der Waals surface area contributed by atoms with Crippen molar-refractivity contribution in [1.82, 2.24) is 0 Å². The first-order chi connectivity index (χ1) is 4.09. The molecular formula is C5H6N2O2. The van der Waals surface area contributed by atoms with Gasteiger partial charge in [0.1, 0.15) is 5.71 Å². The van der Waals surface area contributed by atoms with Crippen LogP contribution >= 0.6 is 0 Å². The molecule has 0 radical (unpaired) electrons. The Balaban J connectivity index is 4.09. The van der Waals surface area contributed by atoms with E-state index in [4.69, 9.17) is 15.8 Å². The molecule has 0 aromatic carbocycles. The largest absolute Gasteiger partial charge is 0.477 e. The molecule has 0 aliphatic heterocycles. The molecular weight excluding hydrogens is 120 g/mol. The van der Waals surface area contributed by atoms with Crippen LogP contribution in [0.25, 0.3) is 0 Å². The highest BCUT2D eigenvalue weighted by Crippen LogP contribution is 1.93. The second kappa shape index (κ2) is 2.82. The summed E-state index contributed by atoms with van der Waals surface area (Å²) < 4.78 is 0. The highest BCUT2D eigenvalue weighted by Gasteiger charge is 2.13. The second-order valence-corrected chi connectivity index (χ2v) is 1.57. The second-order valence-electron chi connectivity index (χ2n) is 1.57. The summed E-state index contributed by atoms with van der Waals surface area (Å²) in [5.41, 5.74) is -0.558. The summed E-state index contributed by atoms with van der Waals surface area (Å²) in [6, 6.07) is 1.64. The molecule has 0 aromatic rings. The molecule has 0 amide bonds. The molecule has 4 nitrogen and oxygen atoms in total. The number of carbonyl (C=O) groups is 1. The molecule has 0 saturated heterocycles. The van der Waals surface area contributed by atoms with Gasteiger partial charge >= 0.3 is 5.97 Å². The number of aliphatic carboxylic acids is 1. The minimum atomic E-state index is -1.33. The SMILES string of the molecule is CC(C#N)C(=N)C(=O)O. The van der Waals surface area contributed by atoms with E-state index in [0.717, 1.165) is 0 Å². The maximum absolute atomic E-state index is 9.92. The average Bonchev–Trinajstić information content (AvgIpc) is 1.84. The van der Waals surface area contributed by atoms with Crippen molar-refractivity contribution in [2.75, 3.05) is 0 Å². The van der Waals surface area contributed by atoms with E-state index in [1.54, 1.807) is 6.07 Å². The molecule has 0 saturated carbocycles. The summed E-state index contributed by atoms with van der Waals surface area (Å²) in [4.78, 5) is 9.92. The summed E-state index contributed by atoms with van der Waals surface area (Å²) in [6.45, 7) is 1.37. The van der Waals surface area contributed by atoms with Crippen molar-refractivity contribution in [3.63, 3.8) is 0 Å². The van der Waals surface area contributed by atoms with Crippen molar-refractivity contribution >= 4 is 11.7 Å². The zero-order chi connectivity index (χ0) is 7.44. The topological polar surface area (TPSA) is 84.9 Å². The van der Waals surface area contributed by atoms with Gasteiger partial charge in [0.15, 0.2) is 0 Å². The monoisotopic (exact) mass is 126 g/mol. The molecule has 0 aromatic heterocycles. The maximum atomic E-state index is 9.92. The molecule has 0 aliphatic carbocycles. The fourth-order valence-electron chi connectivity index (χ4n) is 0.250.